The third-order valence-corrected chi connectivity index (χ3v) is 4.37. The molecule has 2 N–H and O–H groups in total. The molecular formula is C16H14N6OS. The molecule has 0 aliphatic rings. The first-order chi connectivity index (χ1) is 11.8. The van der Waals surface area contributed by atoms with Crippen molar-refractivity contribution in [2.24, 2.45) is 0 Å². The van der Waals surface area contributed by atoms with Gasteiger partial charge < -0.3 is 10.4 Å². The summed E-state index contributed by atoms with van der Waals surface area (Å²) in [6.07, 6.45) is 0. The standard InChI is InChI=1S/C16H14N6OS/c23-9-12-10-24-15(18-12)8-17-13-6-7-14-19-20-16(22(14)21-13)11-4-2-1-3-5-11/h1-7,10,23H,8-9H2,(H,17,21). The summed E-state index contributed by atoms with van der Waals surface area (Å²) in [6, 6.07) is 13.6. The SMILES string of the molecule is OCc1csc(CNc2ccc3nnc(-c4ccccc4)n3n2)n1. The fourth-order valence-electron chi connectivity index (χ4n) is 2.32. The van der Waals surface area contributed by atoms with Gasteiger partial charge in [-0.1, -0.05) is 30.3 Å². The van der Waals surface area contributed by atoms with Crippen LogP contribution in [-0.4, -0.2) is 29.9 Å². The van der Waals surface area contributed by atoms with Crippen LogP contribution >= 0.6 is 11.3 Å². The van der Waals surface area contributed by atoms with Gasteiger partial charge in [0, 0.05) is 10.9 Å². The van der Waals surface area contributed by atoms with Gasteiger partial charge in [-0.2, -0.15) is 4.52 Å². The first kappa shape index (κ1) is 14.7. The third kappa shape index (κ3) is 2.84. The number of nitrogens with zero attached hydrogens (tertiary/aromatic N) is 5. The average Bonchev–Trinajstić information content (AvgIpc) is 3.27. The Bertz CT molecular complexity index is 965. The molecule has 0 aliphatic carbocycles. The van der Waals surface area contributed by atoms with E-state index in [0.717, 1.165) is 10.6 Å². The molecule has 0 saturated heterocycles. The van der Waals surface area contributed by atoms with E-state index < -0.39 is 0 Å². The van der Waals surface area contributed by atoms with Crippen LogP contribution in [-0.2, 0) is 13.2 Å². The molecule has 24 heavy (non-hydrogen) atoms. The smallest absolute Gasteiger partial charge is 0.185 e. The summed E-state index contributed by atoms with van der Waals surface area (Å²) < 4.78 is 1.72. The first-order valence-electron chi connectivity index (χ1n) is 7.39. The average molecular weight is 338 g/mol. The zero-order valence-corrected chi connectivity index (χ0v) is 13.4. The molecular weight excluding hydrogens is 324 g/mol. The van der Waals surface area contributed by atoms with Gasteiger partial charge in [-0.25, -0.2) is 4.98 Å². The fraction of sp³-hybridized carbons (Fsp3) is 0.125. The second kappa shape index (κ2) is 6.34. The predicted molar refractivity (Wildman–Crippen MR) is 91.6 cm³/mol. The van der Waals surface area contributed by atoms with Crippen molar-refractivity contribution in [1.29, 1.82) is 0 Å². The van der Waals surface area contributed by atoms with E-state index in [-0.39, 0.29) is 6.61 Å². The highest BCUT2D eigenvalue weighted by molar-refractivity contribution is 7.09. The van der Waals surface area contributed by atoms with Crippen LogP contribution in [0, 0.1) is 0 Å². The molecule has 8 heteroatoms. The van der Waals surface area contributed by atoms with Crippen molar-refractivity contribution in [3.8, 4) is 11.4 Å². The Morgan fingerprint density at radius 2 is 1.96 bits per heavy atom. The molecule has 4 aromatic rings. The maximum Gasteiger partial charge on any atom is 0.185 e. The number of aliphatic hydroxyl groups excluding tert-OH is 1. The minimum atomic E-state index is -0.0398. The molecule has 1 aromatic carbocycles. The van der Waals surface area contributed by atoms with Crippen molar-refractivity contribution in [2.45, 2.75) is 13.2 Å². The van der Waals surface area contributed by atoms with Crippen LogP contribution < -0.4 is 5.32 Å². The van der Waals surface area contributed by atoms with E-state index in [1.807, 2.05) is 47.8 Å². The van der Waals surface area contributed by atoms with Crippen molar-refractivity contribution in [1.82, 2.24) is 24.8 Å². The van der Waals surface area contributed by atoms with Gasteiger partial charge >= 0.3 is 0 Å². The highest BCUT2D eigenvalue weighted by Crippen LogP contribution is 2.18. The molecule has 0 radical (unpaired) electrons. The van der Waals surface area contributed by atoms with Crippen LogP contribution in [0.4, 0.5) is 5.82 Å². The molecule has 4 rings (SSSR count). The Hall–Kier alpha value is -2.84. The van der Waals surface area contributed by atoms with Crippen LogP contribution in [0.25, 0.3) is 17.0 Å². The maximum absolute atomic E-state index is 9.06. The third-order valence-electron chi connectivity index (χ3n) is 3.48. The van der Waals surface area contributed by atoms with E-state index in [4.69, 9.17) is 5.11 Å². The van der Waals surface area contributed by atoms with Crippen molar-refractivity contribution in [3.05, 3.63) is 58.5 Å². The number of fused-ring (bicyclic) bond motifs is 1. The molecule has 0 aliphatic heterocycles. The number of anilines is 1. The number of benzene rings is 1. The van der Waals surface area contributed by atoms with Gasteiger partial charge in [-0.3, -0.25) is 0 Å². The molecule has 0 spiro atoms. The lowest BCUT2D eigenvalue weighted by atomic mass is 10.2. The summed E-state index contributed by atoms with van der Waals surface area (Å²) in [6.45, 7) is 0.508. The minimum absolute atomic E-state index is 0.0398. The number of nitrogens with one attached hydrogen (secondary N) is 1. The summed E-state index contributed by atoms with van der Waals surface area (Å²) in [5.74, 6) is 1.41. The largest absolute Gasteiger partial charge is 0.390 e. The van der Waals surface area contributed by atoms with Crippen LogP contribution in [0.15, 0.2) is 47.8 Å². The molecule has 3 heterocycles. The van der Waals surface area contributed by atoms with Crippen molar-refractivity contribution < 1.29 is 5.11 Å². The zero-order chi connectivity index (χ0) is 16.4. The Labute approximate surface area is 141 Å². The summed E-state index contributed by atoms with van der Waals surface area (Å²) in [7, 11) is 0. The molecule has 0 atom stereocenters. The predicted octanol–water partition coefficient (Wildman–Crippen LogP) is 2.35. The molecule has 3 aromatic heterocycles. The van der Waals surface area contributed by atoms with Gasteiger partial charge in [0.2, 0.25) is 0 Å². The fourth-order valence-corrected chi connectivity index (χ4v) is 3.04. The van der Waals surface area contributed by atoms with E-state index >= 15 is 0 Å². The van der Waals surface area contributed by atoms with E-state index in [1.54, 1.807) is 4.52 Å². The van der Waals surface area contributed by atoms with Crippen LogP contribution in [0.3, 0.4) is 0 Å². The number of hydrogen-bond acceptors (Lipinski definition) is 7. The van der Waals surface area contributed by atoms with Crippen LogP contribution in [0.1, 0.15) is 10.7 Å². The molecule has 0 amide bonds. The Kier molecular flexibility index (Phi) is 3.89. The van der Waals surface area contributed by atoms with Crippen LogP contribution in [0.5, 0.6) is 0 Å². The summed E-state index contributed by atoms with van der Waals surface area (Å²) in [5.41, 5.74) is 2.34. The highest BCUT2D eigenvalue weighted by atomic mass is 32.1. The lowest BCUT2D eigenvalue weighted by Crippen LogP contribution is -2.04. The highest BCUT2D eigenvalue weighted by Gasteiger charge is 2.10. The summed E-state index contributed by atoms with van der Waals surface area (Å²) >= 11 is 1.51. The molecule has 0 fully saturated rings. The molecule has 120 valence electrons. The normalized spacial score (nSPS) is 11.0. The van der Waals surface area contributed by atoms with Crippen molar-refractivity contribution in [3.63, 3.8) is 0 Å². The van der Waals surface area contributed by atoms with Gasteiger partial charge in [0.1, 0.15) is 10.8 Å². The van der Waals surface area contributed by atoms with Gasteiger partial charge in [-0.15, -0.1) is 26.6 Å². The quantitative estimate of drug-likeness (QED) is 0.581. The van der Waals surface area contributed by atoms with E-state index in [0.29, 0.717) is 29.5 Å². The van der Waals surface area contributed by atoms with Crippen LogP contribution in [0.2, 0.25) is 0 Å². The van der Waals surface area contributed by atoms with Crippen molar-refractivity contribution in [2.75, 3.05) is 5.32 Å². The Balaban J connectivity index is 1.60. The van der Waals surface area contributed by atoms with E-state index in [2.05, 4.69) is 25.6 Å². The number of thiazole rings is 1. The maximum atomic E-state index is 9.06. The number of aliphatic hydroxyl groups is 1. The first-order valence-corrected chi connectivity index (χ1v) is 8.27. The summed E-state index contributed by atoms with van der Waals surface area (Å²) in [4.78, 5) is 4.31. The number of rotatable bonds is 5. The van der Waals surface area contributed by atoms with E-state index in [9.17, 15) is 0 Å². The molecule has 0 saturated carbocycles. The van der Waals surface area contributed by atoms with Gasteiger partial charge in [0.05, 0.1) is 18.8 Å². The Morgan fingerprint density at radius 3 is 2.75 bits per heavy atom. The lowest BCUT2D eigenvalue weighted by molar-refractivity contribution is 0.277. The molecule has 0 bridgehead atoms. The molecule has 0 unspecified atom stereocenters. The van der Waals surface area contributed by atoms with Gasteiger partial charge in [0.15, 0.2) is 11.5 Å². The molecule has 7 nitrogen and oxygen atoms in total. The van der Waals surface area contributed by atoms with Gasteiger partial charge in [-0.05, 0) is 12.1 Å². The van der Waals surface area contributed by atoms with E-state index in [1.165, 1.54) is 11.3 Å². The number of hydrogen-bond donors (Lipinski definition) is 2. The van der Waals surface area contributed by atoms with Gasteiger partial charge in [0.25, 0.3) is 0 Å². The second-order valence-corrected chi connectivity index (χ2v) is 6.07. The number of aromatic nitrogens is 5. The second-order valence-electron chi connectivity index (χ2n) is 5.12. The monoisotopic (exact) mass is 338 g/mol. The Morgan fingerprint density at radius 1 is 1.08 bits per heavy atom. The lowest BCUT2D eigenvalue weighted by Gasteiger charge is -2.04. The minimum Gasteiger partial charge on any atom is -0.390 e. The summed E-state index contributed by atoms with van der Waals surface area (Å²) in [5, 5.41) is 28.0. The zero-order valence-electron chi connectivity index (χ0n) is 12.6. The topological polar surface area (TPSA) is 88.2 Å². The van der Waals surface area contributed by atoms with Crippen molar-refractivity contribution >= 4 is 22.8 Å².